The van der Waals surface area contributed by atoms with Crippen molar-refractivity contribution in [3.05, 3.63) is 58.9 Å². The molecule has 2 unspecified atom stereocenters. The van der Waals surface area contributed by atoms with Crippen molar-refractivity contribution in [2.45, 2.75) is 82.7 Å². The molecule has 0 spiro atoms. The molecule has 2 aromatic rings. The maximum atomic E-state index is 14.5. The van der Waals surface area contributed by atoms with Gasteiger partial charge in [0.1, 0.15) is 12.1 Å². The molecule has 3 aliphatic heterocycles. The third-order valence-corrected chi connectivity index (χ3v) is 12.9. The number of piperazine rings is 1. The molecule has 3 atom stereocenters. The van der Waals surface area contributed by atoms with Crippen molar-refractivity contribution in [3.8, 4) is 0 Å². The van der Waals surface area contributed by atoms with Crippen LogP contribution in [-0.4, -0.2) is 106 Å². The summed E-state index contributed by atoms with van der Waals surface area (Å²) >= 11 is 0. The molecule has 4 heterocycles. The van der Waals surface area contributed by atoms with Crippen molar-refractivity contribution in [2.24, 2.45) is 5.92 Å². The molecule has 11 heteroatoms. The van der Waals surface area contributed by atoms with E-state index in [-0.39, 0.29) is 40.5 Å². The summed E-state index contributed by atoms with van der Waals surface area (Å²) in [6, 6.07) is 7.05. The lowest BCUT2D eigenvalue weighted by Crippen LogP contribution is -2.62. The zero-order valence-electron chi connectivity index (χ0n) is 25.9. The zero-order valence-corrected chi connectivity index (χ0v) is 26.7. The monoisotopic (exact) mass is 612 g/mol. The van der Waals surface area contributed by atoms with Gasteiger partial charge in [0.15, 0.2) is 0 Å². The number of likely N-dealkylation sites (tertiary alicyclic amines) is 1. The highest BCUT2D eigenvalue weighted by Crippen LogP contribution is 2.42. The van der Waals surface area contributed by atoms with Gasteiger partial charge in [0.25, 0.3) is 5.91 Å². The number of halogens is 1. The minimum atomic E-state index is -3.23. The van der Waals surface area contributed by atoms with Gasteiger partial charge in [0, 0.05) is 63.4 Å². The Morgan fingerprint density at radius 1 is 1.00 bits per heavy atom. The van der Waals surface area contributed by atoms with Gasteiger partial charge in [-0.2, -0.15) is 0 Å². The van der Waals surface area contributed by atoms with Gasteiger partial charge < -0.3 is 4.90 Å². The molecule has 3 saturated heterocycles. The molecule has 0 bridgehead atoms. The quantitative estimate of drug-likeness (QED) is 0.470. The Balaban J connectivity index is 1.14. The molecule has 43 heavy (non-hydrogen) atoms. The average Bonchev–Trinajstić information content (AvgIpc) is 3.73. The van der Waals surface area contributed by atoms with Crippen molar-refractivity contribution in [2.75, 3.05) is 45.8 Å². The van der Waals surface area contributed by atoms with Crippen molar-refractivity contribution >= 4 is 15.9 Å². The fourth-order valence-corrected chi connectivity index (χ4v) is 9.60. The highest BCUT2D eigenvalue weighted by atomic mass is 32.2. The maximum absolute atomic E-state index is 14.5. The number of nitrogens with zero attached hydrogens (tertiary/aromatic N) is 6. The number of piperidine rings is 1. The molecule has 1 saturated carbocycles. The molecule has 1 aromatic carbocycles. The number of amides is 1. The number of sulfonamides is 1. The summed E-state index contributed by atoms with van der Waals surface area (Å²) in [6.45, 7) is 13.3. The van der Waals surface area contributed by atoms with Crippen molar-refractivity contribution < 1.29 is 17.6 Å². The van der Waals surface area contributed by atoms with Crippen LogP contribution in [0.25, 0.3) is 0 Å². The summed E-state index contributed by atoms with van der Waals surface area (Å²) in [4.78, 5) is 28.9. The van der Waals surface area contributed by atoms with Crippen LogP contribution >= 0.6 is 0 Å². The topological polar surface area (TPSA) is 90.0 Å². The Morgan fingerprint density at radius 3 is 2.33 bits per heavy atom. The Morgan fingerprint density at radius 2 is 1.70 bits per heavy atom. The summed E-state index contributed by atoms with van der Waals surface area (Å²) < 4.78 is 42.3. The molecule has 4 fully saturated rings. The number of hydrogen-bond acceptors (Lipinski definition) is 7. The smallest absolute Gasteiger partial charge is 0.257 e. The first kappa shape index (κ1) is 30.6. The van der Waals surface area contributed by atoms with E-state index in [1.807, 2.05) is 24.8 Å². The Kier molecular flexibility index (Phi) is 8.38. The van der Waals surface area contributed by atoms with Crippen molar-refractivity contribution in [3.63, 3.8) is 0 Å². The van der Waals surface area contributed by atoms with Gasteiger partial charge in [-0.25, -0.2) is 27.1 Å². The second-order valence-corrected chi connectivity index (χ2v) is 15.6. The molecule has 1 aromatic heterocycles. The van der Waals surface area contributed by atoms with Gasteiger partial charge in [-0.05, 0) is 83.4 Å². The van der Waals surface area contributed by atoms with Crippen LogP contribution in [0.15, 0.2) is 30.6 Å². The van der Waals surface area contributed by atoms with E-state index in [4.69, 9.17) is 0 Å². The van der Waals surface area contributed by atoms with Gasteiger partial charge in [-0.15, -0.1) is 0 Å². The van der Waals surface area contributed by atoms with Crippen molar-refractivity contribution in [1.29, 1.82) is 0 Å². The van der Waals surface area contributed by atoms with E-state index in [1.54, 1.807) is 16.4 Å². The number of aromatic nitrogens is 2. The van der Waals surface area contributed by atoms with Crippen LogP contribution in [0.1, 0.15) is 79.3 Å². The van der Waals surface area contributed by atoms with Crippen molar-refractivity contribution in [1.82, 2.24) is 29.0 Å². The standard InChI is InChI=1S/C32H45FN6O3S/c1-22-19-37(32(4)11-14-36(15-12-32)31(40)29-23(2)34-21-35-24(29)3)16-17-39(22)30(25-6-5-7-27(33)18-25)26-10-13-38(20-26)43(41,42)28-8-9-28/h5-7,18,21-22,26,28,30H,8-17,19-20H2,1-4H3/t22-,26?,30?/m0/s1. The Bertz CT molecular complexity index is 1440. The van der Waals surface area contributed by atoms with Gasteiger partial charge in [0.2, 0.25) is 10.0 Å². The minimum Gasteiger partial charge on any atom is -0.338 e. The lowest BCUT2D eigenvalue weighted by Gasteiger charge is -2.53. The lowest BCUT2D eigenvalue weighted by molar-refractivity contribution is -0.0378. The molecule has 234 valence electrons. The van der Waals surface area contributed by atoms with Crippen LogP contribution < -0.4 is 0 Å². The van der Waals surface area contributed by atoms with Crippen LogP contribution in [0.3, 0.4) is 0 Å². The summed E-state index contributed by atoms with van der Waals surface area (Å²) in [7, 11) is -3.23. The second kappa shape index (κ2) is 11.8. The lowest BCUT2D eigenvalue weighted by atomic mass is 9.85. The summed E-state index contributed by atoms with van der Waals surface area (Å²) in [6.07, 6.45) is 5.60. The fourth-order valence-electron chi connectivity index (χ4n) is 7.69. The maximum Gasteiger partial charge on any atom is 0.257 e. The van der Waals surface area contributed by atoms with Crippen LogP contribution in [0.2, 0.25) is 0 Å². The first-order chi connectivity index (χ1) is 20.5. The van der Waals surface area contributed by atoms with E-state index in [9.17, 15) is 17.6 Å². The van der Waals surface area contributed by atoms with E-state index in [0.29, 0.717) is 31.7 Å². The first-order valence-electron chi connectivity index (χ1n) is 15.8. The Hall–Kier alpha value is -2.47. The third-order valence-electron chi connectivity index (χ3n) is 10.5. The molecule has 1 aliphatic carbocycles. The van der Waals surface area contributed by atoms with E-state index >= 15 is 0 Å². The SMILES string of the molecule is Cc1ncnc(C)c1C(=O)N1CCC(C)(N2CCN(C(c3cccc(F)c3)C3CCN(S(=O)(=O)C4CC4)C3)[C@@H](C)C2)CC1. The fraction of sp³-hybridized carbons (Fsp3) is 0.656. The number of rotatable bonds is 7. The van der Waals surface area contributed by atoms with E-state index in [2.05, 4.69) is 33.6 Å². The molecule has 0 radical (unpaired) electrons. The number of aryl methyl sites for hydroxylation is 2. The van der Waals surface area contributed by atoms with Crippen LogP contribution in [-0.2, 0) is 10.0 Å². The molecule has 1 amide bonds. The third kappa shape index (κ3) is 5.98. The molecular formula is C32H45FN6O3S. The highest BCUT2D eigenvalue weighted by molar-refractivity contribution is 7.90. The van der Waals surface area contributed by atoms with E-state index < -0.39 is 10.0 Å². The number of hydrogen-bond donors (Lipinski definition) is 0. The van der Waals surface area contributed by atoms with Gasteiger partial charge in [0.05, 0.1) is 22.2 Å². The molecule has 0 N–H and O–H groups in total. The molecular weight excluding hydrogens is 567 g/mol. The normalized spacial score (nSPS) is 26.5. The van der Waals surface area contributed by atoms with Crippen LogP contribution in [0.4, 0.5) is 4.39 Å². The largest absolute Gasteiger partial charge is 0.338 e. The van der Waals surface area contributed by atoms with E-state index in [1.165, 1.54) is 12.4 Å². The molecule has 9 nitrogen and oxygen atoms in total. The second-order valence-electron chi connectivity index (χ2n) is 13.4. The van der Waals surface area contributed by atoms with Crippen LogP contribution in [0, 0.1) is 25.6 Å². The van der Waals surface area contributed by atoms with Gasteiger partial charge >= 0.3 is 0 Å². The predicted octanol–water partition coefficient (Wildman–Crippen LogP) is 3.79. The van der Waals surface area contributed by atoms with Gasteiger partial charge in [-0.1, -0.05) is 12.1 Å². The summed E-state index contributed by atoms with van der Waals surface area (Å²) in [5.74, 6) is -0.123. The number of carbonyl (C=O) groups excluding carboxylic acids is 1. The first-order valence-corrected chi connectivity index (χ1v) is 17.3. The van der Waals surface area contributed by atoms with Gasteiger partial charge in [-0.3, -0.25) is 14.6 Å². The average molecular weight is 613 g/mol. The number of carbonyl (C=O) groups is 1. The predicted molar refractivity (Wildman–Crippen MR) is 164 cm³/mol. The Labute approximate surface area is 255 Å². The van der Waals surface area contributed by atoms with E-state index in [0.717, 1.165) is 68.7 Å². The highest BCUT2D eigenvalue weighted by Gasteiger charge is 2.47. The number of benzene rings is 1. The summed E-state index contributed by atoms with van der Waals surface area (Å²) in [5, 5.41) is -0.210. The summed E-state index contributed by atoms with van der Waals surface area (Å²) in [5.41, 5.74) is 2.97. The van der Waals surface area contributed by atoms with Crippen LogP contribution in [0.5, 0.6) is 0 Å². The molecule has 6 rings (SSSR count). The molecule has 4 aliphatic rings. The zero-order chi connectivity index (χ0) is 30.5. The minimum absolute atomic E-state index is 0.0167.